The van der Waals surface area contributed by atoms with E-state index in [1.807, 2.05) is 18.4 Å². The molecule has 4 nitrogen and oxygen atoms in total. The summed E-state index contributed by atoms with van der Waals surface area (Å²) < 4.78 is 21.2. The molecule has 0 bridgehead atoms. The molecule has 0 N–H and O–H groups in total. The quantitative estimate of drug-likeness (QED) is 0.786. The Kier molecular flexibility index (Phi) is 4.17. The molecule has 1 aromatic carbocycles. The van der Waals surface area contributed by atoms with Gasteiger partial charge in [0.1, 0.15) is 18.2 Å². The second-order valence-corrected chi connectivity index (χ2v) is 4.87. The van der Waals surface area contributed by atoms with Crippen molar-refractivity contribution in [1.29, 1.82) is 0 Å². The predicted octanol–water partition coefficient (Wildman–Crippen LogP) is 3.38. The van der Waals surface area contributed by atoms with Crippen molar-refractivity contribution in [2.24, 2.45) is 0 Å². The molecule has 1 heterocycles. The zero-order valence-electron chi connectivity index (χ0n) is 11.8. The van der Waals surface area contributed by atoms with E-state index in [-0.39, 0.29) is 17.4 Å². The maximum atomic E-state index is 13.7. The number of ketones is 1. The Bertz CT molecular complexity index is 620. The number of Topliss-reactive ketones (excluding diaryl/α,β-unsaturated/α-hetero) is 1. The van der Waals surface area contributed by atoms with Crippen LogP contribution in [0.2, 0.25) is 0 Å². The van der Waals surface area contributed by atoms with E-state index in [0.29, 0.717) is 12.4 Å². The molecule has 0 spiro atoms. The third-order valence-corrected chi connectivity index (χ3v) is 3.01. The number of aromatic nitrogens is 2. The van der Waals surface area contributed by atoms with Gasteiger partial charge >= 0.3 is 0 Å². The van der Waals surface area contributed by atoms with Crippen molar-refractivity contribution >= 4 is 5.78 Å². The summed E-state index contributed by atoms with van der Waals surface area (Å²) in [5, 5.41) is 0. The molecule has 2 aromatic rings. The average molecular weight is 276 g/mol. The van der Waals surface area contributed by atoms with Crippen LogP contribution < -0.4 is 4.74 Å². The molecule has 20 heavy (non-hydrogen) atoms. The highest BCUT2D eigenvalue weighted by Gasteiger charge is 2.10. The standard InChI is InChI=1S/C15H17FN2O2/c1-10(2)18-9-17-7-12(18)8-20-13-4-5-14(11(3)19)15(16)6-13/h4-7,9-10H,8H2,1-3H3. The van der Waals surface area contributed by atoms with Crippen molar-refractivity contribution in [3.63, 3.8) is 0 Å². The minimum atomic E-state index is -0.563. The summed E-state index contributed by atoms with van der Waals surface area (Å²) in [5.74, 6) is -0.469. The van der Waals surface area contributed by atoms with Crippen LogP contribution in [-0.4, -0.2) is 15.3 Å². The second-order valence-electron chi connectivity index (χ2n) is 4.87. The number of halogens is 1. The summed E-state index contributed by atoms with van der Waals surface area (Å²) in [6.45, 7) is 5.73. The van der Waals surface area contributed by atoms with Crippen molar-refractivity contribution in [3.05, 3.63) is 47.8 Å². The first-order chi connectivity index (χ1) is 9.49. The lowest BCUT2D eigenvalue weighted by molar-refractivity contribution is 0.101. The van der Waals surface area contributed by atoms with Crippen LogP contribution in [-0.2, 0) is 6.61 Å². The Morgan fingerprint density at radius 3 is 2.80 bits per heavy atom. The lowest BCUT2D eigenvalue weighted by atomic mass is 10.1. The molecule has 0 radical (unpaired) electrons. The Hall–Kier alpha value is -2.17. The molecule has 0 aliphatic rings. The third kappa shape index (κ3) is 3.04. The molecule has 0 unspecified atom stereocenters. The van der Waals surface area contributed by atoms with Crippen LogP contribution in [0.1, 0.15) is 42.9 Å². The first-order valence-corrected chi connectivity index (χ1v) is 6.43. The molecule has 0 aliphatic carbocycles. The lowest BCUT2D eigenvalue weighted by Crippen LogP contribution is -2.07. The molecule has 2 rings (SSSR count). The third-order valence-electron chi connectivity index (χ3n) is 3.01. The molecule has 106 valence electrons. The number of rotatable bonds is 5. The summed E-state index contributed by atoms with van der Waals surface area (Å²) in [6, 6.07) is 4.54. The number of carbonyl (C=O) groups excluding carboxylic acids is 1. The van der Waals surface area contributed by atoms with E-state index in [9.17, 15) is 9.18 Å². The summed E-state index contributed by atoms with van der Waals surface area (Å²) in [6.07, 6.45) is 3.46. The van der Waals surface area contributed by atoms with Gasteiger partial charge in [0, 0.05) is 12.1 Å². The minimum absolute atomic E-state index is 0.0737. The smallest absolute Gasteiger partial charge is 0.162 e. The fourth-order valence-corrected chi connectivity index (χ4v) is 1.94. The summed E-state index contributed by atoms with van der Waals surface area (Å²) in [7, 11) is 0. The molecule has 0 atom stereocenters. The number of hydrogen-bond acceptors (Lipinski definition) is 3. The van der Waals surface area contributed by atoms with Gasteiger partial charge in [-0.2, -0.15) is 0 Å². The maximum absolute atomic E-state index is 13.7. The molecular formula is C15H17FN2O2. The molecule has 0 saturated carbocycles. The summed E-state index contributed by atoms with van der Waals surface area (Å²) in [4.78, 5) is 15.2. The van der Waals surface area contributed by atoms with Gasteiger partial charge < -0.3 is 9.30 Å². The molecule has 0 amide bonds. The van der Waals surface area contributed by atoms with Gasteiger partial charge in [-0.1, -0.05) is 0 Å². The van der Waals surface area contributed by atoms with E-state index in [0.717, 1.165) is 5.69 Å². The van der Waals surface area contributed by atoms with Gasteiger partial charge in [0.2, 0.25) is 0 Å². The van der Waals surface area contributed by atoms with E-state index >= 15 is 0 Å². The molecule has 0 aliphatic heterocycles. The number of carbonyl (C=O) groups is 1. The van der Waals surface area contributed by atoms with Crippen LogP contribution in [0.15, 0.2) is 30.7 Å². The van der Waals surface area contributed by atoms with Crippen LogP contribution in [0, 0.1) is 5.82 Å². The first kappa shape index (κ1) is 14.2. The zero-order chi connectivity index (χ0) is 14.7. The van der Waals surface area contributed by atoms with Crippen LogP contribution in [0.4, 0.5) is 4.39 Å². The molecule has 1 aromatic heterocycles. The molecular weight excluding hydrogens is 259 g/mol. The number of benzene rings is 1. The van der Waals surface area contributed by atoms with Gasteiger partial charge in [0.05, 0.1) is 23.8 Å². The number of ether oxygens (including phenoxy) is 1. The minimum Gasteiger partial charge on any atom is -0.487 e. The van der Waals surface area contributed by atoms with Crippen molar-refractivity contribution in [2.45, 2.75) is 33.4 Å². The zero-order valence-corrected chi connectivity index (χ0v) is 11.8. The lowest BCUT2D eigenvalue weighted by Gasteiger charge is -2.12. The van der Waals surface area contributed by atoms with Gasteiger partial charge in [-0.15, -0.1) is 0 Å². The highest BCUT2D eigenvalue weighted by Crippen LogP contribution is 2.19. The monoisotopic (exact) mass is 276 g/mol. The highest BCUT2D eigenvalue weighted by atomic mass is 19.1. The van der Waals surface area contributed by atoms with E-state index in [1.54, 1.807) is 18.6 Å². The van der Waals surface area contributed by atoms with Crippen LogP contribution in [0.25, 0.3) is 0 Å². The van der Waals surface area contributed by atoms with Crippen molar-refractivity contribution < 1.29 is 13.9 Å². The van der Waals surface area contributed by atoms with Crippen molar-refractivity contribution in [3.8, 4) is 5.75 Å². The Labute approximate surface area is 117 Å². The van der Waals surface area contributed by atoms with Gasteiger partial charge in [-0.25, -0.2) is 9.37 Å². The van der Waals surface area contributed by atoms with Gasteiger partial charge in [-0.05, 0) is 32.9 Å². The second kappa shape index (κ2) is 5.86. The molecule has 5 heteroatoms. The number of imidazole rings is 1. The fraction of sp³-hybridized carbons (Fsp3) is 0.333. The first-order valence-electron chi connectivity index (χ1n) is 6.43. The summed E-state index contributed by atoms with van der Waals surface area (Å²) in [5.41, 5.74) is 0.987. The van der Waals surface area contributed by atoms with Crippen LogP contribution >= 0.6 is 0 Å². The topological polar surface area (TPSA) is 44.1 Å². The predicted molar refractivity (Wildman–Crippen MR) is 73.3 cm³/mol. The van der Waals surface area contributed by atoms with Crippen molar-refractivity contribution in [1.82, 2.24) is 9.55 Å². The van der Waals surface area contributed by atoms with E-state index < -0.39 is 5.82 Å². The van der Waals surface area contributed by atoms with Crippen LogP contribution in [0.3, 0.4) is 0 Å². The van der Waals surface area contributed by atoms with E-state index in [4.69, 9.17) is 4.74 Å². The average Bonchev–Trinajstić information content (AvgIpc) is 2.84. The Balaban J connectivity index is 2.09. The van der Waals surface area contributed by atoms with Gasteiger partial charge in [-0.3, -0.25) is 4.79 Å². The number of nitrogens with zero attached hydrogens (tertiary/aromatic N) is 2. The molecule has 0 saturated heterocycles. The number of hydrogen-bond donors (Lipinski definition) is 0. The van der Waals surface area contributed by atoms with Crippen LogP contribution in [0.5, 0.6) is 5.75 Å². The van der Waals surface area contributed by atoms with E-state index in [2.05, 4.69) is 4.98 Å². The fourth-order valence-electron chi connectivity index (χ4n) is 1.94. The largest absolute Gasteiger partial charge is 0.487 e. The van der Waals surface area contributed by atoms with Gasteiger partial charge in [0.15, 0.2) is 5.78 Å². The maximum Gasteiger partial charge on any atom is 0.162 e. The highest BCUT2D eigenvalue weighted by molar-refractivity contribution is 5.94. The Morgan fingerprint density at radius 1 is 1.45 bits per heavy atom. The molecule has 0 fully saturated rings. The Morgan fingerprint density at radius 2 is 2.20 bits per heavy atom. The summed E-state index contributed by atoms with van der Waals surface area (Å²) >= 11 is 0. The normalized spacial score (nSPS) is 10.8. The van der Waals surface area contributed by atoms with Crippen molar-refractivity contribution in [2.75, 3.05) is 0 Å². The SMILES string of the molecule is CC(=O)c1ccc(OCc2cncn2C(C)C)cc1F. The van der Waals surface area contributed by atoms with Gasteiger partial charge in [0.25, 0.3) is 0 Å². The van der Waals surface area contributed by atoms with E-state index in [1.165, 1.54) is 19.1 Å².